The summed E-state index contributed by atoms with van der Waals surface area (Å²) in [4.78, 5) is 9.28. The third-order valence-electron chi connectivity index (χ3n) is 3.90. The Hall–Kier alpha value is -1.94. The van der Waals surface area contributed by atoms with Crippen LogP contribution in [0, 0.1) is 0 Å². The number of rotatable bonds is 4. The van der Waals surface area contributed by atoms with Crippen LogP contribution >= 0.6 is 0 Å². The van der Waals surface area contributed by atoms with Crippen LogP contribution in [0.1, 0.15) is 48.5 Å². The van der Waals surface area contributed by atoms with E-state index in [0.717, 1.165) is 29.7 Å². The zero-order valence-electron chi connectivity index (χ0n) is 12.4. The molecule has 21 heavy (non-hydrogen) atoms. The number of hydrogen-bond acceptors (Lipinski definition) is 4. The molecule has 1 aromatic carbocycles. The zero-order chi connectivity index (χ0) is 14.7. The average Bonchev–Trinajstić information content (AvgIpc) is 2.53. The lowest BCUT2D eigenvalue weighted by Gasteiger charge is -2.21. The maximum Gasteiger partial charge on any atom is 0.164 e. The first-order valence-electron chi connectivity index (χ1n) is 7.61. The summed E-state index contributed by atoms with van der Waals surface area (Å²) in [6, 6.07) is 10.1. The average molecular weight is 283 g/mol. The minimum absolute atomic E-state index is 0.245. The topological polar surface area (TPSA) is 61.0 Å². The van der Waals surface area contributed by atoms with Crippen molar-refractivity contribution in [3.05, 3.63) is 53.0 Å². The Labute approximate surface area is 125 Å². The lowest BCUT2D eigenvalue weighted by Crippen LogP contribution is -2.17. The standard InChI is InChI=1S/C17H21N3O/c1-2-21-15(12-8-4-3-5-9-12)17-19-14-11-7-6-10-13(14)16(18)20-17/h3-5,8-9,15H,2,6-7,10-11H2,1H3,(H2,18,19,20). The number of fused-ring (bicyclic) bond motifs is 1. The van der Waals surface area contributed by atoms with E-state index in [1.807, 2.05) is 37.3 Å². The second-order valence-electron chi connectivity index (χ2n) is 5.35. The maximum absolute atomic E-state index is 6.15. The number of aromatic nitrogens is 2. The summed E-state index contributed by atoms with van der Waals surface area (Å²) >= 11 is 0. The summed E-state index contributed by atoms with van der Waals surface area (Å²) in [5.74, 6) is 1.30. The number of benzene rings is 1. The number of hydrogen-bond donors (Lipinski definition) is 1. The van der Waals surface area contributed by atoms with Gasteiger partial charge in [-0.05, 0) is 38.2 Å². The number of nitrogen functional groups attached to an aromatic ring is 1. The highest BCUT2D eigenvalue weighted by Gasteiger charge is 2.22. The monoisotopic (exact) mass is 283 g/mol. The van der Waals surface area contributed by atoms with Crippen LogP contribution in [0.5, 0.6) is 0 Å². The first-order valence-corrected chi connectivity index (χ1v) is 7.61. The van der Waals surface area contributed by atoms with Gasteiger partial charge in [0, 0.05) is 17.9 Å². The van der Waals surface area contributed by atoms with Gasteiger partial charge in [-0.1, -0.05) is 30.3 Å². The van der Waals surface area contributed by atoms with E-state index in [9.17, 15) is 0 Å². The lowest BCUT2D eigenvalue weighted by atomic mass is 9.96. The number of nitrogens with two attached hydrogens (primary N) is 1. The van der Waals surface area contributed by atoms with Gasteiger partial charge in [0.15, 0.2) is 5.82 Å². The van der Waals surface area contributed by atoms with Gasteiger partial charge in [0.1, 0.15) is 11.9 Å². The van der Waals surface area contributed by atoms with Crippen LogP contribution < -0.4 is 5.73 Å². The lowest BCUT2D eigenvalue weighted by molar-refractivity contribution is 0.0850. The minimum atomic E-state index is -0.245. The van der Waals surface area contributed by atoms with Crippen LogP contribution in [0.3, 0.4) is 0 Å². The summed E-state index contributed by atoms with van der Waals surface area (Å²) < 4.78 is 5.88. The van der Waals surface area contributed by atoms with Gasteiger partial charge in [-0.3, -0.25) is 0 Å². The van der Waals surface area contributed by atoms with Crippen LogP contribution in [-0.2, 0) is 17.6 Å². The molecular weight excluding hydrogens is 262 g/mol. The molecule has 0 saturated carbocycles. The summed E-state index contributed by atoms with van der Waals surface area (Å²) in [5.41, 5.74) is 9.45. The molecule has 0 aliphatic heterocycles. The van der Waals surface area contributed by atoms with E-state index in [-0.39, 0.29) is 6.10 Å². The van der Waals surface area contributed by atoms with Crippen molar-refractivity contribution in [1.82, 2.24) is 9.97 Å². The molecule has 2 N–H and O–H groups in total. The fraction of sp³-hybridized carbons (Fsp3) is 0.412. The van der Waals surface area contributed by atoms with Crippen LogP contribution in [0.25, 0.3) is 0 Å². The van der Waals surface area contributed by atoms with E-state index in [2.05, 4.69) is 4.98 Å². The van der Waals surface area contributed by atoms with Crippen LogP contribution in [0.15, 0.2) is 30.3 Å². The molecule has 4 heteroatoms. The molecule has 1 aromatic heterocycles. The predicted molar refractivity (Wildman–Crippen MR) is 83.0 cm³/mol. The first kappa shape index (κ1) is 14.0. The van der Waals surface area contributed by atoms with Gasteiger partial charge in [-0.15, -0.1) is 0 Å². The van der Waals surface area contributed by atoms with Crippen molar-refractivity contribution in [3.63, 3.8) is 0 Å². The number of nitrogens with zero attached hydrogens (tertiary/aromatic N) is 2. The molecule has 2 aromatic rings. The van der Waals surface area contributed by atoms with Gasteiger partial charge in [-0.25, -0.2) is 9.97 Å². The summed E-state index contributed by atoms with van der Waals surface area (Å²) in [7, 11) is 0. The van der Waals surface area contributed by atoms with E-state index in [0.29, 0.717) is 18.2 Å². The molecule has 0 amide bonds. The molecule has 3 rings (SSSR count). The van der Waals surface area contributed by atoms with Crippen LogP contribution in [0.2, 0.25) is 0 Å². The van der Waals surface area contributed by atoms with E-state index in [1.165, 1.54) is 12.8 Å². The number of anilines is 1. The molecule has 1 unspecified atom stereocenters. The van der Waals surface area contributed by atoms with Crippen molar-refractivity contribution in [2.75, 3.05) is 12.3 Å². The van der Waals surface area contributed by atoms with Crippen molar-refractivity contribution in [2.24, 2.45) is 0 Å². The fourth-order valence-corrected chi connectivity index (χ4v) is 2.87. The van der Waals surface area contributed by atoms with Gasteiger partial charge in [0.25, 0.3) is 0 Å². The smallest absolute Gasteiger partial charge is 0.164 e. The van der Waals surface area contributed by atoms with Crippen LogP contribution in [0.4, 0.5) is 5.82 Å². The van der Waals surface area contributed by atoms with E-state index < -0.39 is 0 Å². The highest BCUT2D eigenvalue weighted by Crippen LogP contribution is 2.28. The first-order chi connectivity index (χ1) is 10.3. The van der Waals surface area contributed by atoms with Crippen molar-refractivity contribution < 1.29 is 4.74 Å². The molecule has 4 nitrogen and oxygen atoms in total. The number of ether oxygens (including phenoxy) is 1. The molecule has 0 bridgehead atoms. The Morgan fingerprint density at radius 1 is 1.14 bits per heavy atom. The van der Waals surface area contributed by atoms with Gasteiger partial charge >= 0.3 is 0 Å². The summed E-state index contributed by atoms with van der Waals surface area (Å²) in [5, 5.41) is 0. The molecule has 1 aliphatic rings. The Bertz CT molecular complexity index is 613. The third-order valence-corrected chi connectivity index (χ3v) is 3.90. The maximum atomic E-state index is 6.15. The van der Waals surface area contributed by atoms with E-state index >= 15 is 0 Å². The molecule has 0 saturated heterocycles. The molecule has 0 spiro atoms. The molecule has 1 atom stereocenters. The molecule has 1 aliphatic carbocycles. The Morgan fingerprint density at radius 3 is 2.67 bits per heavy atom. The highest BCUT2D eigenvalue weighted by atomic mass is 16.5. The van der Waals surface area contributed by atoms with E-state index in [4.69, 9.17) is 15.5 Å². The third kappa shape index (κ3) is 2.90. The van der Waals surface area contributed by atoms with Gasteiger partial charge in [-0.2, -0.15) is 0 Å². The van der Waals surface area contributed by atoms with Gasteiger partial charge < -0.3 is 10.5 Å². The predicted octanol–water partition coefficient (Wildman–Crippen LogP) is 3.06. The summed E-state index contributed by atoms with van der Waals surface area (Å²) in [6.45, 7) is 2.59. The van der Waals surface area contributed by atoms with Crippen molar-refractivity contribution in [3.8, 4) is 0 Å². The second kappa shape index (κ2) is 6.22. The molecular formula is C17H21N3O. The van der Waals surface area contributed by atoms with Crippen molar-refractivity contribution >= 4 is 5.82 Å². The highest BCUT2D eigenvalue weighted by molar-refractivity contribution is 5.44. The van der Waals surface area contributed by atoms with Crippen LogP contribution in [-0.4, -0.2) is 16.6 Å². The molecule has 0 fully saturated rings. The van der Waals surface area contributed by atoms with Crippen molar-refractivity contribution in [1.29, 1.82) is 0 Å². The minimum Gasteiger partial charge on any atom is -0.383 e. The Kier molecular flexibility index (Phi) is 4.15. The second-order valence-corrected chi connectivity index (χ2v) is 5.35. The summed E-state index contributed by atoms with van der Waals surface area (Å²) in [6.07, 6.45) is 4.08. The largest absolute Gasteiger partial charge is 0.383 e. The molecule has 0 radical (unpaired) electrons. The normalized spacial score (nSPS) is 15.5. The quantitative estimate of drug-likeness (QED) is 0.936. The number of aryl methyl sites for hydroxylation is 1. The Morgan fingerprint density at radius 2 is 1.90 bits per heavy atom. The fourth-order valence-electron chi connectivity index (χ4n) is 2.87. The Balaban J connectivity index is 2.02. The zero-order valence-corrected chi connectivity index (χ0v) is 12.4. The SMILES string of the molecule is CCOC(c1ccccc1)c1nc(N)c2c(n1)CCCC2. The van der Waals surface area contributed by atoms with Gasteiger partial charge in [0.05, 0.1) is 0 Å². The molecule has 110 valence electrons. The van der Waals surface area contributed by atoms with Crippen molar-refractivity contribution in [2.45, 2.75) is 38.7 Å². The van der Waals surface area contributed by atoms with Gasteiger partial charge in [0.2, 0.25) is 0 Å². The molecule has 1 heterocycles. The van der Waals surface area contributed by atoms with E-state index in [1.54, 1.807) is 0 Å².